The van der Waals surface area contributed by atoms with Crippen molar-refractivity contribution in [3.8, 4) is 16.9 Å². The lowest BCUT2D eigenvalue weighted by Gasteiger charge is -2.16. The number of hydrogen-bond donors (Lipinski definition) is 0. The van der Waals surface area contributed by atoms with Crippen LogP contribution in [0.3, 0.4) is 0 Å². The van der Waals surface area contributed by atoms with E-state index in [9.17, 15) is 22.8 Å². The van der Waals surface area contributed by atoms with Crippen LogP contribution < -0.4 is 4.74 Å². The van der Waals surface area contributed by atoms with Crippen molar-refractivity contribution in [2.45, 2.75) is 13.1 Å². The molecule has 1 aromatic heterocycles. The van der Waals surface area contributed by atoms with Crippen molar-refractivity contribution >= 4 is 23.2 Å². The maximum absolute atomic E-state index is 13.1. The van der Waals surface area contributed by atoms with Crippen LogP contribution in [0.25, 0.3) is 22.0 Å². The van der Waals surface area contributed by atoms with Gasteiger partial charge in [0.05, 0.1) is 30.4 Å². The molecule has 0 amide bonds. The van der Waals surface area contributed by atoms with Crippen molar-refractivity contribution in [1.82, 2.24) is 4.98 Å². The number of pyridine rings is 1. The van der Waals surface area contributed by atoms with E-state index in [1.54, 1.807) is 13.0 Å². The minimum absolute atomic E-state index is 0.0430. The van der Waals surface area contributed by atoms with E-state index in [1.807, 2.05) is 0 Å². The minimum atomic E-state index is -4.54. The van der Waals surface area contributed by atoms with Crippen LogP contribution in [0.15, 0.2) is 42.6 Å². The number of aromatic nitrogens is 1. The maximum Gasteiger partial charge on any atom is 0.416 e. The Kier molecular flexibility index (Phi) is 5.54. The van der Waals surface area contributed by atoms with Crippen LogP contribution in [0.5, 0.6) is 5.75 Å². The highest BCUT2D eigenvalue weighted by Crippen LogP contribution is 2.39. The number of esters is 1. The van der Waals surface area contributed by atoms with Gasteiger partial charge in [-0.05, 0) is 37.3 Å². The third-order valence-corrected chi connectivity index (χ3v) is 4.32. The van der Waals surface area contributed by atoms with E-state index in [1.165, 1.54) is 31.5 Å². The first-order valence-corrected chi connectivity index (χ1v) is 8.60. The third kappa shape index (κ3) is 3.91. The van der Waals surface area contributed by atoms with Gasteiger partial charge in [0.15, 0.2) is 0 Å². The lowest BCUT2D eigenvalue weighted by Crippen LogP contribution is -2.09. The number of rotatable bonds is 5. The van der Waals surface area contributed by atoms with Gasteiger partial charge in [-0.2, -0.15) is 13.2 Å². The summed E-state index contributed by atoms with van der Waals surface area (Å²) < 4.78 is 49.7. The second-order valence-corrected chi connectivity index (χ2v) is 6.07. The Morgan fingerprint density at radius 3 is 2.55 bits per heavy atom. The highest BCUT2D eigenvalue weighted by Gasteiger charge is 2.31. The molecule has 0 spiro atoms. The van der Waals surface area contributed by atoms with Crippen molar-refractivity contribution < 1.29 is 32.2 Å². The zero-order valence-corrected chi connectivity index (χ0v) is 15.5. The molecular formula is C21H16F3NO4. The molecule has 0 bridgehead atoms. The third-order valence-electron chi connectivity index (χ3n) is 4.32. The molecule has 0 aliphatic carbocycles. The molecule has 3 aromatic rings. The number of carbonyl (C=O) groups excluding carboxylic acids is 2. The van der Waals surface area contributed by atoms with E-state index < -0.39 is 17.7 Å². The summed E-state index contributed by atoms with van der Waals surface area (Å²) in [6, 6.07) is 7.65. The Balaban J connectivity index is 2.39. The summed E-state index contributed by atoms with van der Waals surface area (Å²) in [5.41, 5.74) is 0.199. The molecule has 0 saturated carbocycles. The molecule has 0 N–H and O–H groups in total. The van der Waals surface area contributed by atoms with Crippen molar-refractivity contribution in [2.24, 2.45) is 0 Å². The second-order valence-electron chi connectivity index (χ2n) is 6.07. The van der Waals surface area contributed by atoms with Crippen LogP contribution in [0.1, 0.15) is 33.2 Å². The Morgan fingerprint density at radius 2 is 1.93 bits per heavy atom. The molecular weight excluding hydrogens is 387 g/mol. The van der Waals surface area contributed by atoms with Gasteiger partial charge in [-0.15, -0.1) is 0 Å². The van der Waals surface area contributed by atoms with Crippen molar-refractivity contribution in [2.75, 3.05) is 13.7 Å². The van der Waals surface area contributed by atoms with Crippen LogP contribution in [-0.4, -0.2) is 31.0 Å². The normalized spacial score (nSPS) is 11.3. The number of aldehydes is 1. The van der Waals surface area contributed by atoms with E-state index in [2.05, 4.69) is 4.98 Å². The van der Waals surface area contributed by atoms with Gasteiger partial charge in [0, 0.05) is 28.3 Å². The fourth-order valence-corrected chi connectivity index (χ4v) is 3.02. The Bertz CT molecular complexity index is 1090. The summed E-state index contributed by atoms with van der Waals surface area (Å²) in [5.74, 6) is -0.344. The number of benzene rings is 2. The van der Waals surface area contributed by atoms with Crippen LogP contribution in [0.2, 0.25) is 0 Å². The maximum atomic E-state index is 13.1. The predicted octanol–water partition coefficient (Wildman–Crippen LogP) is 4.92. The molecule has 0 aliphatic heterocycles. The summed E-state index contributed by atoms with van der Waals surface area (Å²) in [7, 11) is 1.41. The lowest BCUT2D eigenvalue weighted by atomic mass is 9.93. The van der Waals surface area contributed by atoms with Gasteiger partial charge in [0.25, 0.3) is 0 Å². The first-order chi connectivity index (χ1) is 13.8. The van der Waals surface area contributed by atoms with E-state index >= 15 is 0 Å². The highest BCUT2D eigenvalue weighted by atomic mass is 19.4. The topological polar surface area (TPSA) is 65.5 Å². The van der Waals surface area contributed by atoms with E-state index in [-0.39, 0.29) is 23.3 Å². The highest BCUT2D eigenvalue weighted by molar-refractivity contribution is 6.08. The quantitative estimate of drug-likeness (QED) is 0.447. The van der Waals surface area contributed by atoms with Gasteiger partial charge in [-0.25, -0.2) is 4.79 Å². The van der Waals surface area contributed by atoms with E-state index in [4.69, 9.17) is 9.47 Å². The molecule has 3 rings (SSSR count). The van der Waals surface area contributed by atoms with Gasteiger partial charge in [0.2, 0.25) is 0 Å². The standard InChI is InChI=1S/C21H16F3NO4/c1-3-29-20(27)16-10-25-17-9-13(21(22,23)24)5-6-14(17)19(16)15-8-12(11-26)4-7-18(15)28-2/h4-11H,3H2,1-2H3. The zero-order chi connectivity index (χ0) is 21.2. The summed E-state index contributed by atoms with van der Waals surface area (Å²) in [6.45, 7) is 1.74. The molecule has 8 heteroatoms. The Labute approximate surface area is 164 Å². The fourth-order valence-electron chi connectivity index (χ4n) is 3.02. The van der Waals surface area contributed by atoms with Crippen LogP contribution in [0, 0.1) is 0 Å². The number of carbonyl (C=O) groups is 2. The SMILES string of the molecule is CCOC(=O)c1cnc2cc(C(F)(F)F)ccc2c1-c1cc(C=O)ccc1OC. The molecule has 0 fully saturated rings. The molecule has 0 unspecified atom stereocenters. The minimum Gasteiger partial charge on any atom is -0.496 e. The number of methoxy groups -OCH3 is 1. The Morgan fingerprint density at radius 1 is 1.17 bits per heavy atom. The van der Waals surface area contributed by atoms with E-state index in [0.29, 0.717) is 28.5 Å². The molecule has 5 nitrogen and oxygen atoms in total. The molecule has 1 heterocycles. The van der Waals surface area contributed by atoms with E-state index in [0.717, 1.165) is 12.1 Å². The number of hydrogen-bond acceptors (Lipinski definition) is 5. The van der Waals surface area contributed by atoms with Gasteiger partial charge in [0.1, 0.15) is 12.0 Å². The summed E-state index contributed by atoms with van der Waals surface area (Å²) in [6.07, 6.45) is -2.74. The second kappa shape index (κ2) is 7.90. The van der Waals surface area contributed by atoms with Crippen molar-refractivity contribution in [3.63, 3.8) is 0 Å². The molecule has 29 heavy (non-hydrogen) atoms. The van der Waals surface area contributed by atoms with Gasteiger partial charge in [-0.3, -0.25) is 9.78 Å². The summed E-state index contributed by atoms with van der Waals surface area (Å²) in [4.78, 5) is 27.8. The van der Waals surface area contributed by atoms with Crippen LogP contribution in [0.4, 0.5) is 13.2 Å². The summed E-state index contributed by atoms with van der Waals surface area (Å²) >= 11 is 0. The molecule has 0 aliphatic rings. The molecule has 0 saturated heterocycles. The average Bonchev–Trinajstić information content (AvgIpc) is 2.71. The molecule has 0 radical (unpaired) electrons. The van der Waals surface area contributed by atoms with Gasteiger partial charge in [-0.1, -0.05) is 6.07 Å². The smallest absolute Gasteiger partial charge is 0.416 e. The number of alkyl halides is 3. The largest absolute Gasteiger partial charge is 0.496 e. The predicted molar refractivity (Wildman–Crippen MR) is 100 cm³/mol. The number of halogens is 3. The first kappa shape index (κ1) is 20.3. The zero-order valence-electron chi connectivity index (χ0n) is 15.5. The lowest BCUT2D eigenvalue weighted by molar-refractivity contribution is -0.137. The molecule has 0 atom stereocenters. The van der Waals surface area contributed by atoms with Crippen LogP contribution >= 0.6 is 0 Å². The number of fused-ring (bicyclic) bond motifs is 1. The van der Waals surface area contributed by atoms with Crippen molar-refractivity contribution in [1.29, 1.82) is 0 Å². The average molecular weight is 403 g/mol. The van der Waals surface area contributed by atoms with Crippen LogP contribution in [-0.2, 0) is 10.9 Å². The molecule has 150 valence electrons. The van der Waals surface area contributed by atoms with Gasteiger partial charge < -0.3 is 9.47 Å². The van der Waals surface area contributed by atoms with Crippen molar-refractivity contribution in [3.05, 3.63) is 59.3 Å². The monoisotopic (exact) mass is 403 g/mol. The number of ether oxygens (including phenoxy) is 2. The number of nitrogens with zero attached hydrogens (tertiary/aromatic N) is 1. The van der Waals surface area contributed by atoms with Gasteiger partial charge >= 0.3 is 12.1 Å². The fraction of sp³-hybridized carbons (Fsp3) is 0.190. The first-order valence-electron chi connectivity index (χ1n) is 8.60. The summed E-state index contributed by atoms with van der Waals surface area (Å²) in [5, 5.41) is 0.296. The molecule has 2 aromatic carbocycles. The Hall–Kier alpha value is -3.42.